The monoisotopic (exact) mass is 670 g/mol. The van der Waals surface area contributed by atoms with E-state index in [1.54, 1.807) is 6.92 Å². The molecule has 0 saturated heterocycles. The molecule has 0 spiro atoms. The van der Waals surface area contributed by atoms with Crippen LogP contribution in [-0.4, -0.2) is 46.6 Å². The quantitative estimate of drug-likeness (QED) is 0.365. The maximum Gasteiger partial charge on any atom is 0.519 e. The lowest BCUT2D eigenvalue weighted by Crippen LogP contribution is -2.68. The highest BCUT2D eigenvalue weighted by molar-refractivity contribution is 5.96. The lowest BCUT2D eigenvalue weighted by Gasteiger charge is -2.70. The summed E-state index contributed by atoms with van der Waals surface area (Å²) < 4.78 is 21.5. The molecule has 10 atom stereocenters. The SMILES string of the molecule is Cc1oc(=O)oc1COC(=O)[C@@]1(C)C2CC[C@]3(C)[C@H](C(=O)C=C4[C@@H]5C[C@@](C)(C(=O)O)CC[C@]5(C)CC[C@]43C)[C@@]2(C)CC[C@@H]1OC(=O)CO. The molecule has 1 aromatic rings. The molecule has 5 aliphatic rings. The van der Waals surface area contributed by atoms with Gasteiger partial charge in [0.2, 0.25) is 0 Å². The van der Waals surface area contributed by atoms with Crippen LogP contribution in [0.5, 0.6) is 0 Å². The zero-order valence-electron chi connectivity index (χ0n) is 29.2. The Morgan fingerprint density at radius 1 is 0.938 bits per heavy atom. The van der Waals surface area contributed by atoms with E-state index in [1.165, 1.54) is 6.92 Å². The number of hydrogen-bond acceptors (Lipinski definition) is 10. The molecule has 264 valence electrons. The van der Waals surface area contributed by atoms with E-state index in [0.717, 1.165) is 24.8 Å². The molecule has 11 heteroatoms. The van der Waals surface area contributed by atoms with Crippen LogP contribution in [-0.2, 0) is 35.3 Å². The van der Waals surface area contributed by atoms with Crippen molar-refractivity contribution in [2.24, 2.45) is 50.2 Å². The molecule has 4 saturated carbocycles. The van der Waals surface area contributed by atoms with Gasteiger partial charge in [0.05, 0.1) is 5.41 Å². The first-order valence-corrected chi connectivity index (χ1v) is 17.4. The van der Waals surface area contributed by atoms with Gasteiger partial charge in [-0.3, -0.25) is 14.4 Å². The zero-order chi connectivity index (χ0) is 35.2. The van der Waals surface area contributed by atoms with Gasteiger partial charge in [-0.05, 0) is 118 Å². The van der Waals surface area contributed by atoms with Crippen LogP contribution in [0.1, 0.15) is 111 Å². The number of aryl methyl sites for hydroxylation is 1. The van der Waals surface area contributed by atoms with Crippen molar-refractivity contribution in [1.29, 1.82) is 0 Å². The Kier molecular flexibility index (Phi) is 8.05. The Hall–Kier alpha value is -3.21. The Bertz CT molecular complexity index is 1630. The number of ether oxygens (including phenoxy) is 2. The number of esters is 2. The van der Waals surface area contributed by atoms with E-state index in [9.17, 15) is 34.2 Å². The average molecular weight is 671 g/mol. The van der Waals surface area contributed by atoms with Crippen molar-refractivity contribution in [3.63, 3.8) is 0 Å². The Morgan fingerprint density at radius 3 is 2.25 bits per heavy atom. The summed E-state index contributed by atoms with van der Waals surface area (Å²) in [6, 6.07) is 0. The topological polar surface area (TPSA) is 171 Å². The van der Waals surface area contributed by atoms with Gasteiger partial charge in [0.25, 0.3) is 0 Å². The Balaban J connectivity index is 1.40. The van der Waals surface area contributed by atoms with Gasteiger partial charge in [0.1, 0.15) is 18.1 Å². The lowest BCUT2D eigenvalue weighted by molar-refractivity contribution is -0.225. The summed E-state index contributed by atoms with van der Waals surface area (Å²) in [6.45, 7) is 12.8. The van der Waals surface area contributed by atoms with Gasteiger partial charge in [0.15, 0.2) is 23.9 Å². The number of allylic oxidation sites excluding steroid dienone is 2. The van der Waals surface area contributed by atoms with E-state index in [-0.39, 0.29) is 47.1 Å². The predicted octanol–water partition coefficient (Wildman–Crippen LogP) is 5.53. The minimum Gasteiger partial charge on any atom is -0.481 e. The van der Waals surface area contributed by atoms with E-state index in [4.69, 9.17) is 18.3 Å². The van der Waals surface area contributed by atoms with E-state index in [0.29, 0.717) is 32.1 Å². The molecule has 48 heavy (non-hydrogen) atoms. The summed E-state index contributed by atoms with van der Waals surface area (Å²) in [4.78, 5) is 65.4. The lowest BCUT2D eigenvalue weighted by atomic mass is 9.33. The van der Waals surface area contributed by atoms with Crippen molar-refractivity contribution < 1.29 is 47.7 Å². The van der Waals surface area contributed by atoms with Gasteiger partial charge < -0.3 is 28.5 Å². The minimum atomic E-state index is -1.37. The fourth-order valence-corrected chi connectivity index (χ4v) is 11.5. The molecule has 1 unspecified atom stereocenters. The first kappa shape index (κ1) is 34.6. The molecule has 0 aliphatic heterocycles. The second-order valence-electron chi connectivity index (χ2n) is 17.0. The third-order valence-corrected chi connectivity index (χ3v) is 14.7. The summed E-state index contributed by atoms with van der Waals surface area (Å²) in [6.07, 6.45) is 6.72. The standard InChI is InChI=1S/C37H50O11/c1-20-24(47-31(44)46-20)19-45-30(43)37(7)25-8-11-36(6)28(34(25,4)10-9-26(37)48-27(40)18-38)23(39)16-21-22-17-33(3,29(41)42)13-12-32(22,2)14-15-35(21,36)5/h16,22,25-26,28,38H,8-15,17-19H2,1-7H3,(H,41,42)/t22-,25?,26-,28+,32+,33-,34-,35+,36+,37-/m0/s1. The highest BCUT2D eigenvalue weighted by Gasteiger charge is 2.72. The summed E-state index contributed by atoms with van der Waals surface area (Å²) in [5.41, 5.74) is -2.69. The number of carbonyl (C=O) groups is 4. The third-order valence-electron chi connectivity index (χ3n) is 14.7. The summed E-state index contributed by atoms with van der Waals surface area (Å²) in [5.74, 6) is -3.77. The van der Waals surface area contributed by atoms with Crippen molar-refractivity contribution in [2.75, 3.05) is 6.61 Å². The number of rotatable bonds is 6. The molecule has 5 aliphatic carbocycles. The smallest absolute Gasteiger partial charge is 0.481 e. The highest BCUT2D eigenvalue weighted by Crippen LogP contribution is 2.75. The number of ketones is 1. The van der Waals surface area contributed by atoms with Crippen molar-refractivity contribution in [3.8, 4) is 0 Å². The number of carboxylic acids is 1. The largest absolute Gasteiger partial charge is 0.519 e. The predicted molar refractivity (Wildman–Crippen MR) is 170 cm³/mol. The summed E-state index contributed by atoms with van der Waals surface area (Å²) >= 11 is 0. The van der Waals surface area contributed by atoms with Gasteiger partial charge in [-0.15, -0.1) is 0 Å². The van der Waals surface area contributed by atoms with Gasteiger partial charge >= 0.3 is 23.7 Å². The fraction of sp³-hybridized carbons (Fsp3) is 0.757. The van der Waals surface area contributed by atoms with Crippen molar-refractivity contribution in [1.82, 2.24) is 0 Å². The normalized spacial score (nSPS) is 43.5. The van der Waals surface area contributed by atoms with Gasteiger partial charge in [-0.2, -0.15) is 0 Å². The number of aliphatic hydroxyl groups excluding tert-OH is 1. The summed E-state index contributed by atoms with van der Waals surface area (Å²) in [7, 11) is 0. The number of aliphatic carboxylic acids is 1. The van der Waals surface area contributed by atoms with Crippen molar-refractivity contribution >= 4 is 23.7 Å². The second-order valence-corrected chi connectivity index (χ2v) is 17.0. The molecule has 0 bridgehead atoms. The van der Waals surface area contributed by atoms with Crippen molar-refractivity contribution in [3.05, 3.63) is 33.8 Å². The van der Waals surface area contributed by atoms with Crippen LogP contribution in [0.4, 0.5) is 0 Å². The van der Waals surface area contributed by atoms with Crippen LogP contribution >= 0.6 is 0 Å². The van der Waals surface area contributed by atoms with Crippen LogP contribution in [0.15, 0.2) is 25.3 Å². The highest BCUT2D eigenvalue weighted by atomic mass is 16.6. The number of hydrogen-bond donors (Lipinski definition) is 2. The molecule has 4 fully saturated rings. The molecular weight excluding hydrogens is 620 g/mol. The molecule has 0 amide bonds. The van der Waals surface area contributed by atoms with E-state index in [2.05, 4.69) is 27.7 Å². The van der Waals surface area contributed by atoms with E-state index < -0.39 is 69.9 Å². The van der Waals surface area contributed by atoms with Crippen LogP contribution in [0.2, 0.25) is 0 Å². The molecule has 0 aromatic carbocycles. The molecule has 11 nitrogen and oxygen atoms in total. The van der Waals surface area contributed by atoms with Crippen LogP contribution < -0.4 is 5.82 Å². The second kappa shape index (κ2) is 11.2. The maximum atomic E-state index is 14.7. The number of carboxylic acid groups (broad SMARTS) is 1. The first-order valence-electron chi connectivity index (χ1n) is 17.4. The minimum absolute atomic E-state index is 0.0151. The third kappa shape index (κ3) is 4.72. The number of fused-ring (bicyclic) bond motifs is 7. The molecular formula is C37H50O11. The summed E-state index contributed by atoms with van der Waals surface area (Å²) in [5, 5.41) is 19.7. The average Bonchev–Trinajstić information content (AvgIpc) is 3.35. The molecule has 2 N–H and O–H groups in total. The van der Waals surface area contributed by atoms with Crippen molar-refractivity contribution in [2.45, 2.75) is 119 Å². The van der Waals surface area contributed by atoms with E-state index >= 15 is 0 Å². The molecule has 6 rings (SSSR count). The first-order chi connectivity index (χ1) is 22.3. The molecule has 1 heterocycles. The van der Waals surface area contributed by atoms with Gasteiger partial charge in [-0.1, -0.05) is 33.3 Å². The molecule has 0 radical (unpaired) electrons. The number of carbonyl (C=O) groups excluding carboxylic acids is 3. The van der Waals surface area contributed by atoms with Crippen LogP contribution in [0, 0.1) is 57.2 Å². The maximum absolute atomic E-state index is 14.7. The Morgan fingerprint density at radius 2 is 1.62 bits per heavy atom. The Labute approximate surface area is 280 Å². The van der Waals surface area contributed by atoms with Gasteiger partial charge in [-0.25, -0.2) is 9.59 Å². The van der Waals surface area contributed by atoms with Crippen LogP contribution in [0.3, 0.4) is 0 Å². The fourth-order valence-electron chi connectivity index (χ4n) is 11.5. The number of aliphatic hydroxyl groups is 1. The van der Waals surface area contributed by atoms with E-state index in [1.807, 2.05) is 13.0 Å². The van der Waals surface area contributed by atoms with Crippen LogP contribution in [0.25, 0.3) is 0 Å². The van der Waals surface area contributed by atoms with Gasteiger partial charge in [0, 0.05) is 5.92 Å². The molecule has 1 aromatic heterocycles. The zero-order valence-corrected chi connectivity index (χ0v) is 29.2.